The molecule has 4 rings (SSSR count). The molecule has 0 aliphatic carbocycles. The molecule has 0 unspecified atom stereocenters. The van der Waals surface area contributed by atoms with Crippen LogP contribution in [0.2, 0.25) is 0 Å². The summed E-state index contributed by atoms with van der Waals surface area (Å²) in [5.41, 5.74) is 4.39. The molecule has 0 saturated carbocycles. The minimum atomic E-state index is -0.269. The van der Waals surface area contributed by atoms with E-state index < -0.39 is 0 Å². The van der Waals surface area contributed by atoms with Crippen LogP contribution in [0.5, 0.6) is 0 Å². The standard InChI is InChI=1S/C23H22FN3O2S/c1-14-20(15(2)29-27-14)13-30-22-6-4-3-5-19(22)23(28)25-10-9-16-12-26-21-11-17(24)7-8-18(16)21/h3-8,11-12,26H,9-10,13H2,1-2H3,(H,25,28). The van der Waals surface area contributed by atoms with Gasteiger partial charge in [0.1, 0.15) is 11.6 Å². The van der Waals surface area contributed by atoms with Crippen molar-refractivity contribution < 1.29 is 13.7 Å². The van der Waals surface area contributed by atoms with Crippen molar-refractivity contribution in [2.45, 2.75) is 30.9 Å². The van der Waals surface area contributed by atoms with Crippen LogP contribution in [-0.4, -0.2) is 22.6 Å². The summed E-state index contributed by atoms with van der Waals surface area (Å²) >= 11 is 1.59. The Bertz CT molecular complexity index is 1180. The first-order valence-corrected chi connectivity index (χ1v) is 10.7. The Balaban J connectivity index is 1.40. The van der Waals surface area contributed by atoms with E-state index in [0.29, 0.717) is 24.3 Å². The number of hydrogen-bond acceptors (Lipinski definition) is 4. The van der Waals surface area contributed by atoms with Crippen molar-refractivity contribution in [1.29, 1.82) is 0 Å². The van der Waals surface area contributed by atoms with Crippen LogP contribution in [0.4, 0.5) is 4.39 Å². The van der Waals surface area contributed by atoms with Gasteiger partial charge in [-0.2, -0.15) is 0 Å². The molecule has 0 atom stereocenters. The van der Waals surface area contributed by atoms with Gasteiger partial charge in [0.05, 0.1) is 11.3 Å². The number of fused-ring (bicyclic) bond motifs is 1. The molecule has 0 aliphatic heterocycles. The van der Waals surface area contributed by atoms with Gasteiger partial charge in [-0.25, -0.2) is 4.39 Å². The number of halogens is 1. The van der Waals surface area contributed by atoms with Gasteiger partial charge in [0.15, 0.2) is 0 Å². The fraction of sp³-hybridized carbons (Fsp3) is 0.217. The highest BCUT2D eigenvalue weighted by molar-refractivity contribution is 7.98. The number of aryl methyl sites for hydroxylation is 2. The average molecular weight is 424 g/mol. The van der Waals surface area contributed by atoms with E-state index in [0.717, 1.165) is 38.4 Å². The van der Waals surface area contributed by atoms with Gasteiger partial charge in [0.25, 0.3) is 5.91 Å². The minimum absolute atomic E-state index is 0.109. The van der Waals surface area contributed by atoms with E-state index in [2.05, 4.69) is 15.5 Å². The lowest BCUT2D eigenvalue weighted by Gasteiger charge is -2.10. The molecule has 0 spiro atoms. The van der Waals surface area contributed by atoms with Gasteiger partial charge in [-0.1, -0.05) is 17.3 Å². The average Bonchev–Trinajstić information content (AvgIpc) is 3.29. The molecule has 30 heavy (non-hydrogen) atoms. The quantitative estimate of drug-likeness (QED) is 0.402. The number of aromatic nitrogens is 2. The van der Waals surface area contributed by atoms with Crippen LogP contribution in [0.25, 0.3) is 10.9 Å². The Hall–Kier alpha value is -3.06. The predicted octanol–water partition coefficient (Wildman–Crippen LogP) is 5.18. The largest absolute Gasteiger partial charge is 0.361 e. The summed E-state index contributed by atoms with van der Waals surface area (Å²) in [6, 6.07) is 12.3. The fourth-order valence-corrected chi connectivity index (χ4v) is 4.61. The molecule has 2 N–H and O–H groups in total. The summed E-state index contributed by atoms with van der Waals surface area (Å²) in [5, 5.41) is 7.96. The molecule has 1 amide bonds. The predicted molar refractivity (Wildman–Crippen MR) is 116 cm³/mol. The SMILES string of the molecule is Cc1noc(C)c1CSc1ccccc1C(=O)NCCc1c[nH]c2cc(F)ccc12. The summed E-state index contributed by atoms with van der Waals surface area (Å²) in [4.78, 5) is 16.8. The van der Waals surface area contributed by atoms with E-state index in [1.165, 1.54) is 12.1 Å². The lowest BCUT2D eigenvalue weighted by Crippen LogP contribution is -2.26. The third-order valence-electron chi connectivity index (χ3n) is 5.09. The van der Waals surface area contributed by atoms with Crippen molar-refractivity contribution in [1.82, 2.24) is 15.5 Å². The lowest BCUT2D eigenvalue weighted by atomic mass is 10.1. The molecule has 0 radical (unpaired) electrons. The minimum Gasteiger partial charge on any atom is -0.361 e. The van der Waals surface area contributed by atoms with Gasteiger partial charge in [-0.05, 0) is 56.2 Å². The van der Waals surface area contributed by atoms with Crippen LogP contribution in [-0.2, 0) is 12.2 Å². The summed E-state index contributed by atoms with van der Waals surface area (Å²) in [7, 11) is 0. The molecule has 2 aromatic carbocycles. The number of aromatic amines is 1. The highest BCUT2D eigenvalue weighted by Crippen LogP contribution is 2.29. The molecule has 2 heterocycles. The van der Waals surface area contributed by atoms with Crippen molar-refractivity contribution in [3.05, 3.63) is 82.6 Å². The molecule has 5 nitrogen and oxygen atoms in total. The number of carbonyl (C=O) groups excluding carboxylic acids is 1. The van der Waals surface area contributed by atoms with Gasteiger partial charge in [0, 0.05) is 39.9 Å². The molecular weight excluding hydrogens is 401 g/mol. The first-order chi connectivity index (χ1) is 14.5. The van der Waals surface area contributed by atoms with Crippen molar-refractivity contribution in [3.63, 3.8) is 0 Å². The number of benzene rings is 2. The highest BCUT2D eigenvalue weighted by atomic mass is 32.2. The van der Waals surface area contributed by atoms with Gasteiger partial charge in [-0.15, -0.1) is 11.8 Å². The Morgan fingerprint density at radius 3 is 2.87 bits per heavy atom. The molecule has 4 aromatic rings. The zero-order chi connectivity index (χ0) is 21.1. The Labute approximate surface area is 178 Å². The van der Waals surface area contributed by atoms with E-state index >= 15 is 0 Å². The van der Waals surface area contributed by atoms with Crippen LogP contribution in [0.3, 0.4) is 0 Å². The van der Waals surface area contributed by atoms with Gasteiger partial charge >= 0.3 is 0 Å². The van der Waals surface area contributed by atoms with E-state index in [4.69, 9.17) is 4.52 Å². The van der Waals surface area contributed by atoms with Gasteiger partial charge in [0.2, 0.25) is 0 Å². The number of nitrogens with zero attached hydrogens (tertiary/aromatic N) is 1. The summed E-state index contributed by atoms with van der Waals surface area (Å²) < 4.78 is 18.6. The van der Waals surface area contributed by atoms with Crippen LogP contribution in [0.1, 0.15) is 32.9 Å². The van der Waals surface area contributed by atoms with E-state index in [1.54, 1.807) is 17.8 Å². The zero-order valence-corrected chi connectivity index (χ0v) is 17.6. The first-order valence-electron chi connectivity index (χ1n) is 9.70. The topological polar surface area (TPSA) is 70.9 Å². The Morgan fingerprint density at radius 1 is 1.23 bits per heavy atom. The van der Waals surface area contributed by atoms with E-state index in [9.17, 15) is 9.18 Å². The highest BCUT2D eigenvalue weighted by Gasteiger charge is 2.14. The van der Waals surface area contributed by atoms with Crippen molar-refractivity contribution >= 4 is 28.6 Å². The molecule has 2 aromatic heterocycles. The Morgan fingerprint density at radius 2 is 2.07 bits per heavy atom. The van der Waals surface area contributed by atoms with E-state index in [1.807, 2.05) is 44.3 Å². The van der Waals surface area contributed by atoms with Crippen LogP contribution >= 0.6 is 11.8 Å². The number of carbonyl (C=O) groups is 1. The lowest BCUT2D eigenvalue weighted by molar-refractivity contribution is 0.0951. The number of thioether (sulfide) groups is 1. The van der Waals surface area contributed by atoms with E-state index in [-0.39, 0.29) is 11.7 Å². The summed E-state index contributed by atoms with van der Waals surface area (Å²) in [6.07, 6.45) is 2.52. The molecule has 0 aliphatic rings. The third-order valence-corrected chi connectivity index (χ3v) is 6.19. The first kappa shape index (κ1) is 20.2. The number of amides is 1. The van der Waals surface area contributed by atoms with Gasteiger partial charge in [-0.3, -0.25) is 4.79 Å². The number of nitrogens with one attached hydrogen (secondary N) is 2. The maximum Gasteiger partial charge on any atom is 0.252 e. The molecule has 154 valence electrons. The maximum atomic E-state index is 13.3. The monoisotopic (exact) mass is 423 g/mol. The molecule has 0 bridgehead atoms. The number of hydrogen-bond donors (Lipinski definition) is 2. The second-order valence-electron chi connectivity index (χ2n) is 7.10. The second kappa shape index (κ2) is 8.75. The Kier molecular flexibility index (Phi) is 5.90. The van der Waals surface area contributed by atoms with Crippen LogP contribution in [0, 0.1) is 19.7 Å². The molecular formula is C23H22FN3O2S. The van der Waals surface area contributed by atoms with Crippen molar-refractivity contribution in [2.24, 2.45) is 0 Å². The third kappa shape index (κ3) is 4.26. The maximum absolute atomic E-state index is 13.3. The van der Waals surface area contributed by atoms with Crippen molar-refractivity contribution in [3.8, 4) is 0 Å². The summed E-state index contributed by atoms with van der Waals surface area (Å²) in [5.74, 6) is 1.12. The van der Waals surface area contributed by atoms with Crippen LogP contribution < -0.4 is 5.32 Å². The molecule has 0 fully saturated rings. The number of rotatable bonds is 7. The molecule has 0 saturated heterocycles. The summed E-state index contributed by atoms with van der Waals surface area (Å²) in [6.45, 7) is 4.31. The molecule has 7 heteroatoms. The fourth-order valence-electron chi connectivity index (χ4n) is 3.41. The normalized spacial score (nSPS) is 11.2. The number of H-pyrrole nitrogens is 1. The van der Waals surface area contributed by atoms with Crippen molar-refractivity contribution in [2.75, 3.05) is 6.54 Å². The van der Waals surface area contributed by atoms with Crippen LogP contribution in [0.15, 0.2) is 58.1 Å². The smallest absolute Gasteiger partial charge is 0.252 e. The van der Waals surface area contributed by atoms with Gasteiger partial charge < -0.3 is 14.8 Å². The second-order valence-corrected chi connectivity index (χ2v) is 8.11. The zero-order valence-electron chi connectivity index (χ0n) is 16.8.